The van der Waals surface area contributed by atoms with Gasteiger partial charge in [0.15, 0.2) is 11.5 Å². The fraction of sp³-hybridized carbons (Fsp3) is 0.316. The van der Waals surface area contributed by atoms with Crippen LogP contribution in [0.15, 0.2) is 24.4 Å². The summed E-state index contributed by atoms with van der Waals surface area (Å²) in [6, 6.07) is 5.17. The summed E-state index contributed by atoms with van der Waals surface area (Å²) < 4.78 is 6.50. The summed E-state index contributed by atoms with van der Waals surface area (Å²) in [6.45, 7) is 7.88. The highest BCUT2D eigenvalue weighted by Gasteiger charge is 2.19. The van der Waals surface area contributed by atoms with Gasteiger partial charge in [-0.25, -0.2) is 14.3 Å². The Hall–Kier alpha value is -2.89. The standard InChI is InChI=1S/C19H21N3O3/c1-10(2)17-20-18-15(16-11(3)6-14(23)7-12(16)4)8-13(19(24)25-5)9-22(18)21-17/h6-10,23H,1-5H3. The van der Waals surface area contributed by atoms with Crippen molar-refractivity contribution in [2.24, 2.45) is 0 Å². The molecule has 6 nitrogen and oxygen atoms in total. The van der Waals surface area contributed by atoms with Crippen LogP contribution in [-0.2, 0) is 4.74 Å². The predicted molar refractivity (Wildman–Crippen MR) is 95.0 cm³/mol. The van der Waals surface area contributed by atoms with Gasteiger partial charge >= 0.3 is 5.97 Å². The molecular formula is C19H21N3O3. The molecule has 130 valence electrons. The molecule has 2 aromatic heterocycles. The molecule has 0 saturated heterocycles. The fourth-order valence-electron chi connectivity index (χ4n) is 3.03. The van der Waals surface area contributed by atoms with Crippen molar-refractivity contribution in [3.63, 3.8) is 0 Å². The molecule has 0 bridgehead atoms. The third-order valence-corrected chi connectivity index (χ3v) is 4.17. The number of aromatic nitrogens is 3. The lowest BCUT2D eigenvalue weighted by atomic mass is 9.95. The van der Waals surface area contributed by atoms with Gasteiger partial charge in [0, 0.05) is 17.7 Å². The second kappa shape index (κ2) is 6.20. The smallest absolute Gasteiger partial charge is 0.339 e. The predicted octanol–water partition coefficient (Wildman–Crippen LogP) is 3.63. The van der Waals surface area contributed by atoms with Crippen LogP contribution in [0.1, 0.15) is 47.1 Å². The van der Waals surface area contributed by atoms with Crippen molar-refractivity contribution in [2.45, 2.75) is 33.6 Å². The van der Waals surface area contributed by atoms with Gasteiger partial charge in [0.2, 0.25) is 0 Å². The number of rotatable bonds is 3. The van der Waals surface area contributed by atoms with Crippen LogP contribution in [0.3, 0.4) is 0 Å². The Morgan fingerprint density at radius 3 is 2.40 bits per heavy atom. The average Bonchev–Trinajstić information content (AvgIpc) is 2.97. The van der Waals surface area contributed by atoms with Crippen molar-refractivity contribution in [1.29, 1.82) is 0 Å². The SMILES string of the molecule is COC(=O)c1cc(-c2c(C)cc(O)cc2C)c2nc(C(C)C)nn2c1. The number of hydrogen-bond acceptors (Lipinski definition) is 5. The second-order valence-corrected chi connectivity index (χ2v) is 6.48. The van der Waals surface area contributed by atoms with Gasteiger partial charge in [0.1, 0.15) is 5.75 Å². The minimum atomic E-state index is -0.432. The molecule has 0 unspecified atom stereocenters. The Kier molecular flexibility index (Phi) is 4.20. The van der Waals surface area contributed by atoms with E-state index in [4.69, 9.17) is 4.74 Å². The summed E-state index contributed by atoms with van der Waals surface area (Å²) in [5.41, 5.74) is 4.59. The Balaban J connectivity index is 2.38. The van der Waals surface area contributed by atoms with Crippen LogP contribution in [-0.4, -0.2) is 32.8 Å². The Morgan fingerprint density at radius 2 is 1.84 bits per heavy atom. The first kappa shape index (κ1) is 17.0. The molecule has 25 heavy (non-hydrogen) atoms. The fourth-order valence-corrected chi connectivity index (χ4v) is 3.03. The molecular weight excluding hydrogens is 318 g/mol. The van der Waals surface area contributed by atoms with Gasteiger partial charge in [-0.2, -0.15) is 5.10 Å². The number of carbonyl (C=O) groups is 1. The highest BCUT2D eigenvalue weighted by Crippen LogP contribution is 2.34. The van der Waals surface area contributed by atoms with Crippen molar-refractivity contribution in [2.75, 3.05) is 7.11 Å². The van der Waals surface area contributed by atoms with E-state index in [1.807, 2.05) is 27.7 Å². The topological polar surface area (TPSA) is 76.7 Å². The van der Waals surface area contributed by atoms with E-state index in [1.54, 1.807) is 28.9 Å². The first-order chi connectivity index (χ1) is 11.8. The molecule has 2 heterocycles. The number of ether oxygens (including phenoxy) is 1. The van der Waals surface area contributed by atoms with Gasteiger partial charge in [-0.1, -0.05) is 13.8 Å². The first-order valence-corrected chi connectivity index (χ1v) is 8.11. The van der Waals surface area contributed by atoms with E-state index in [0.717, 1.165) is 22.3 Å². The van der Waals surface area contributed by atoms with Gasteiger partial charge < -0.3 is 9.84 Å². The lowest BCUT2D eigenvalue weighted by Gasteiger charge is -2.13. The summed E-state index contributed by atoms with van der Waals surface area (Å²) in [7, 11) is 1.35. The second-order valence-electron chi connectivity index (χ2n) is 6.48. The zero-order valence-electron chi connectivity index (χ0n) is 15.0. The van der Waals surface area contributed by atoms with Crippen molar-refractivity contribution in [3.8, 4) is 16.9 Å². The lowest BCUT2D eigenvalue weighted by molar-refractivity contribution is 0.0600. The van der Waals surface area contributed by atoms with Gasteiger partial charge in [-0.3, -0.25) is 0 Å². The highest BCUT2D eigenvalue weighted by molar-refractivity contribution is 5.93. The summed E-state index contributed by atoms with van der Waals surface area (Å²) in [5.74, 6) is 0.649. The third-order valence-electron chi connectivity index (χ3n) is 4.17. The zero-order chi connectivity index (χ0) is 18.3. The van der Waals surface area contributed by atoms with E-state index in [0.29, 0.717) is 17.0 Å². The Morgan fingerprint density at radius 1 is 1.20 bits per heavy atom. The number of pyridine rings is 1. The summed E-state index contributed by atoms with van der Waals surface area (Å²) in [5, 5.41) is 14.3. The number of esters is 1. The molecule has 1 N–H and O–H groups in total. The molecule has 3 rings (SSSR count). The van der Waals surface area contributed by atoms with E-state index < -0.39 is 5.97 Å². The van der Waals surface area contributed by atoms with Crippen LogP contribution < -0.4 is 0 Å². The molecule has 1 aromatic carbocycles. The maximum absolute atomic E-state index is 12.1. The van der Waals surface area contributed by atoms with Gasteiger partial charge in [0.05, 0.1) is 12.7 Å². The molecule has 0 spiro atoms. The maximum Gasteiger partial charge on any atom is 0.339 e. The van der Waals surface area contributed by atoms with Crippen molar-refractivity contribution in [3.05, 3.63) is 46.9 Å². The minimum Gasteiger partial charge on any atom is -0.508 e. The molecule has 0 aliphatic rings. The molecule has 0 fully saturated rings. The molecule has 0 atom stereocenters. The number of phenols is 1. The number of phenolic OH excluding ortho intramolecular Hbond substituents is 1. The van der Waals surface area contributed by atoms with Gasteiger partial charge in [-0.05, 0) is 48.7 Å². The third kappa shape index (κ3) is 2.95. The van der Waals surface area contributed by atoms with Crippen LogP contribution in [0.5, 0.6) is 5.75 Å². The number of nitrogens with zero attached hydrogens (tertiary/aromatic N) is 3. The van der Waals surface area contributed by atoms with E-state index in [2.05, 4.69) is 10.1 Å². The molecule has 6 heteroatoms. The Bertz CT molecular complexity index is 950. The van der Waals surface area contributed by atoms with E-state index >= 15 is 0 Å². The van der Waals surface area contributed by atoms with Gasteiger partial charge in [-0.15, -0.1) is 0 Å². The number of methoxy groups -OCH3 is 1. The van der Waals surface area contributed by atoms with Crippen LogP contribution in [0.2, 0.25) is 0 Å². The molecule has 0 saturated carbocycles. The number of carbonyl (C=O) groups excluding carboxylic acids is 1. The van der Waals surface area contributed by atoms with E-state index in [1.165, 1.54) is 7.11 Å². The quantitative estimate of drug-likeness (QED) is 0.737. The van der Waals surface area contributed by atoms with Crippen LogP contribution in [0, 0.1) is 13.8 Å². The number of fused-ring (bicyclic) bond motifs is 1. The number of aromatic hydroxyl groups is 1. The molecule has 0 aliphatic carbocycles. The minimum absolute atomic E-state index is 0.163. The normalized spacial score (nSPS) is 11.3. The van der Waals surface area contributed by atoms with Gasteiger partial charge in [0.25, 0.3) is 0 Å². The number of benzene rings is 1. The molecule has 3 aromatic rings. The number of aryl methyl sites for hydroxylation is 2. The zero-order valence-corrected chi connectivity index (χ0v) is 15.0. The van der Waals surface area contributed by atoms with Crippen molar-refractivity contribution < 1.29 is 14.6 Å². The summed E-state index contributed by atoms with van der Waals surface area (Å²) in [6.07, 6.45) is 1.63. The highest BCUT2D eigenvalue weighted by atomic mass is 16.5. The van der Waals surface area contributed by atoms with Crippen LogP contribution in [0.4, 0.5) is 0 Å². The molecule has 0 amide bonds. The van der Waals surface area contributed by atoms with Crippen LogP contribution in [0.25, 0.3) is 16.8 Å². The number of hydrogen-bond donors (Lipinski definition) is 1. The average molecular weight is 339 g/mol. The largest absolute Gasteiger partial charge is 0.508 e. The lowest BCUT2D eigenvalue weighted by Crippen LogP contribution is -2.05. The van der Waals surface area contributed by atoms with Crippen molar-refractivity contribution >= 4 is 11.6 Å². The Labute approximate surface area is 146 Å². The maximum atomic E-state index is 12.1. The molecule has 0 aliphatic heterocycles. The monoisotopic (exact) mass is 339 g/mol. The molecule has 0 radical (unpaired) electrons. The van der Waals surface area contributed by atoms with Crippen molar-refractivity contribution in [1.82, 2.24) is 14.6 Å². The summed E-state index contributed by atoms with van der Waals surface area (Å²) in [4.78, 5) is 16.7. The van der Waals surface area contributed by atoms with Crippen LogP contribution >= 0.6 is 0 Å². The first-order valence-electron chi connectivity index (χ1n) is 8.11. The summed E-state index contributed by atoms with van der Waals surface area (Å²) >= 11 is 0. The van der Waals surface area contributed by atoms with E-state index in [-0.39, 0.29) is 11.7 Å². The van der Waals surface area contributed by atoms with E-state index in [9.17, 15) is 9.90 Å².